The molecule has 0 aliphatic carbocycles. The summed E-state index contributed by atoms with van der Waals surface area (Å²) >= 11 is 4.77. The zero-order valence-corrected chi connectivity index (χ0v) is 17.7. The maximum absolute atomic E-state index is 12.7. The zero-order valence-electron chi connectivity index (χ0n) is 15.3. The number of hydrogen-bond acceptors (Lipinski definition) is 4. The second-order valence-corrected chi connectivity index (χ2v) is 7.94. The van der Waals surface area contributed by atoms with Crippen LogP contribution in [0, 0.1) is 13.8 Å². The number of nitrogens with zero attached hydrogens (tertiary/aromatic N) is 2. The van der Waals surface area contributed by atoms with Gasteiger partial charge in [0.15, 0.2) is 4.80 Å². The van der Waals surface area contributed by atoms with Crippen LogP contribution in [0.2, 0.25) is 0 Å². The fraction of sp³-hybridized carbons (Fsp3) is 0.250. The fourth-order valence-corrected chi connectivity index (χ4v) is 4.24. The molecule has 0 fully saturated rings. The van der Waals surface area contributed by atoms with Crippen molar-refractivity contribution in [1.29, 1.82) is 0 Å². The number of aromatic nitrogens is 1. The number of aryl methyl sites for hydroxylation is 2. The average Bonchev–Trinajstić information content (AvgIpc) is 2.92. The molecule has 3 aromatic rings. The van der Waals surface area contributed by atoms with Gasteiger partial charge in [-0.1, -0.05) is 23.5 Å². The topological polar surface area (TPSA) is 60.7 Å². The maximum atomic E-state index is 12.7. The molecule has 140 valence electrons. The lowest BCUT2D eigenvalue weighted by atomic mass is 10.1. The molecule has 0 aliphatic heterocycles. The van der Waals surface area contributed by atoms with Crippen molar-refractivity contribution in [3.05, 3.63) is 62.4 Å². The van der Waals surface area contributed by atoms with Crippen LogP contribution in [-0.4, -0.2) is 23.1 Å². The van der Waals surface area contributed by atoms with Gasteiger partial charge in [0.25, 0.3) is 5.91 Å². The zero-order chi connectivity index (χ0) is 19.6. The molecule has 2 aromatic carbocycles. The molecule has 27 heavy (non-hydrogen) atoms. The van der Waals surface area contributed by atoms with Crippen LogP contribution >= 0.6 is 27.3 Å². The highest BCUT2D eigenvalue weighted by molar-refractivity contribution is 9.10. The van der Waals surface area contributed by atoms with E-state index < -0.39 is 0 Å². The van der Waals surface area contributed by atoms with E-state index in [0.717, 1.165) is 21.3 Å². The Kier molecular flexibility index (Phi) is 5.92. The van der Waals surface area contributed by atoms with Gasteiger partial charge in [0.2, 0.25) is 0 Å². The summed E-state index contributed by atoms with van der Waals surface area (Å²) in [6, 6.07) is 11.2. The second kappa shape index (κ2) is 8.19. The molecule has 1 heterocycles. The Labute approximate surface area is 169 Å². The van der Waals surface area contributed by atoms with Crippen LogP contribution in [0.3, 0.4) is 0 Å². The van der Waals surface area contributed by atoms with E-state index in [1.807, 2.05) is 26.0 Å². The minimum Gasteiger partial charge on any atom is -0.465 e. The van der Waals surface area contributed by atoms with Gasteiger partial charge in [-0.3, -0.25) is 9.59 Å². The first-order valence-electron chi connectivity index (χ1n) is 8.50. The van der Waals surface area contributed by atoms with Crippen molar-refractivity contribution in [3.8, 4) is 0 Å². The Bertz CT molecular complexity index is 1100. The lowest BCUT2D eigenvalue weighted by molar-refractivity contribution is -0.143. The van der Waals surface area contributed by atoms with Crippen molar-refractivity contribution < 1.29 is 14.3 Å². The van der Waals surface area contributed by atoms with Gasteiger partial charge in [-0.2, -0.15) is 4.99 Å². The summed E-state index contributed by atoms with van der Waals surface area (Å²) in [4.78, 5) is 29.6. The smallest absolute Gasteiger partial charge is 0.326 e. The first-order chi connectivity index (χ1) is 12.9. The predicted molar refractivity (Wildman–Crippen MR) is 110 cm³/mol. The maximum Gasteiger partial charge on any atom is 0.326 e. The third-order valence-corrected chi connectivity index (χ3v) is 5.92. The summed E-state index contributed by atoms with van der Waals surface area (Å²) in [6.45, 7) is 6.14. The molecular formula is C20H19BrN2O3S. The van der Waals surface area contributed by atoms with Crippen LogP contribution < -0.4 is 4.80 Å². The average molecular weight is 447 g/mol. The summed E-state index contributed by atoms with van der Waals surface area (Å²) in [5.41, 5.74) is 3.61. The lowest BCUT2D eigenvalue weighted by Gasteiger charge is -2.06. The van der Waals surface area contributed by atoms with Gasteiger partial charge in [0.05, 0.1) is 22.4 Å². The minimum absolute atomic E-state index is 0.0123. The highest BCUT2D eigenvalue weighted by atomic mass is 79.9. The summed E-state index contributed by atoms with van der Waals surface area (Å²) in [7, 11) is 0. The number of halogens is 1. The summed E-state index contributed by atoms with van der Waals surface area (Å²) in [5, 5.41) is 0. The van der Waals surface area contributed by atoms with E-state index in [2.05, 4.69) is 27.0 Å². The van der Waals surface area contributed by atoms with Gasteiger partial charge in [-0.15, -0.1) is 0 Å². The molecule has 0 saturated heterocycles. The van der Waals surface area contributed by atoms with Crippen LogP contribution in [-0.2, 0) is 16.1 Å². The van der Waals surface area contributed by atoms with E-state index >= 15 is 0 Å². The lowest BCUT2D eigenvalue weighted by Crippen LogP contribution is -2.23. The molecule has 1 aromatic heterocycles. The number of esters is 1. The number of amides is 1. The molecule has 0 bridgehead atoms. The SMILES string of the molecule is CCOC(=O)Cn1c(=NC(=O)c2ccccc2Br)sc2cc(C)c(C)cc21. The molecule has 0 radical (unpaired) electrons. The van der Waals surface area contributed by atoms with Crippen molar-refractivity contribution in [2.45, 2.75) is 27.3 Å². The first-order valence-corrected chi connectivity index (χ1v) is 10.1. The molecular weight excluding hydrogens is 428 g/mol. The van der Waals surface area contributed by atoms with E-state index in [9.17, 15) is 9.59 Å². The van der Waals surface area contributed by atoms with E-state index in [-0.39, 0.29) is 18.4 Å². The normalized spacial score (nSPS) is 11.8. The molecule has 1 amide bonds. The molecule has 0 spiro atoms. The van der Waals surface area contributed by atoms with Gasteiger partial charge in [-0.05, 0) is 72.1 Å². The van der Waals surface area contributed by atoms with Crippen molar-refractivity contribution in [1.82, 2.24) is 4.57 Å². The Morgan fingerprint density at radius 2 is 1.89 bits per heavy atom. The summed E-state index contributed by atoms with van der Waals surface area (Å²) < 4.78 is 8.50. The predicted octanol–water partition coefficient (Wildman–Crippen LogP) is 4.39. The number of fused-ring (bicyclic) bond motifs is 1. The second-order valence-electron chi connectivity index (χ2n) is 6.08. The highest BCUT2D eigenvalue weighted by Gasteiger charge is 2.14. The van der Waals surface area contributed by atoms with Crippen molar-refractivity contribution >= 4 is 49.4 Å². The highest BCUT2D eigenvalue weighted by Crippen LogP contribution is 2.23. The number of benzene rings is 2. The Balaban J connectivity index is 2.17. The third kappa shape index (κ3) is 4.20. The van der Waals surface area contributed by atoms with Gasteiger partial charge in [0, 0.05) is 4.47 Å². The van der Waals surface area contributed by atoms with Crippen LogP contribution in [0.25, 0.3) is 10.2 Å². The first kappa shape index (κ1) is 19.5. The minimum atomic E-state index is -0.361. The van der Waals surface area contributed by atoms with Crippen LogP contribution in [0.1, 0.15) is 28.4 Å². The molecule has 3 rings (SSSR count). The molecule has 0 saturated carbocycles. The fourth-order valence-electron chi connectivity index (χ4n) is 2.68. The quantitative estimate of drug-likeness (QED) is 0.558. The molecule has 0 unspecified atom stereocenters. The number of hydrogen-bond donors (Lipinski definition) is 0. The van der Waals surface area contributed by atoms with Crippen molar-refractivity contribution in [3.63, 3.8) is 0 Å². The number of thiazole rings is 1. The molecule has 7 heteroatoms. The largest absolute Gasteiger partial charge is 0.465 e. The molecule has 0 atom stereocenters. The van der Waals surface area contributed by atoms with Gasteiger partial charge in [0.1, 0.15) is 6.54 Å². The number of rotatable bonds is 4. The Morgan fingerprint density at radius 1 is 1.19 bits per heavy atom. The third-order valence-electron chi connectivity index (χ3n) is 4.19. The number of carbonyl (C=O) groups is 2. The van der Waals surface area contributed by atoms with Crippen LogP contribution in [0.4, 0.5) is 0 Å². The Morgan fingerprint density at radius 3 is 2.59 bits per heavy atom. The number of carbonyl (C=O) groups excluding carboxylic acids is 2. The number of ether oxygens (including phenoxy) is 1. The van der Waals surface area contributed by atoms with Gasteiger partial charge >= 0.3 is 5.97 Å². The molecule has 5 nitrogen and oxygen atoms in total. The summed E-state index contributed by atoms with van der Waals surface area (Å²) in [6.07, 6.45) is 0. The summed E-state index contributed by atoms with van der Waals surface area (Å²) in [5.74, 6) is -0.717. The van der Waals surface area contributed by atoms with Gasteiger partial charge in [-0.25, -0.2) is 0 Å². The van der Waals surface area contributed by atoms with E-state index in [1.54, 1.807) is 29.7 Å². The Hall–Kier alpha value is -2.25. The monoisotopic (exact) mass is 446 g/mol. The molecule has 0 N–H and O–H groups in total. The van der Waals surface area contributed by atoms with Gasteiger partial charge < -0.3 is 9.30 Å². The molecule has 0 aliphatic rings. The van der Waals surface area contributed by atoms with Crippen LogP contribution in [0.5, 0.6) is 0 Å². The van der Waals surface area contributed by atoms with Crippen molar-refractivity contribution in [2.75, 3.05) is 6.61 Å². The van der Waals surface area contributed by atoms with Crippen LogP contribution in [0.15, 0.2) is 45.9 Å². The standard InChI is InChI=1S/C20H19BrN2O3S/c1-4-26-18(24)11-23-16-9-12(2)13(3)10-17(16)27-20(23)22-19(25)14-7-5-6-8-15(14)21/h5-10H,4,11H2,1-3H3. The van der Waals surface area contributed by atoms with E-state index in [1.165, 1.54) is 11.3 Å². The van der Waals surface area contributed by atoms with Crippen molar-refractivity contribution in [2.24, 2.45) is 4.99 Å². The van der Waals surface area contributed by atoms with E-state index in [0.29, 0.717) is 21.4 Å². The van der Waals surface area contributed by atoms with E-state index in [4.69, 9.17) is 4.74 Å².